The van der Waals surface area contributed by atoms with Crippen LogP contribution in [0.15, 0.2) is 30.3 Å². The zero-order valence-electron chi connectivity index (χ0n) is 15.0. The first-order valence-electron chi connectivity index (χ1n) is 8.54. The van der Waals surface area contributed by atoms with Crippen LogP contribution in [-0.2, 0) is 4.74 Å². The van der Waals surface area contributed by atoms with Gasteiger partial charge in [-0.15, -0.1) is 0 Å². The van der Waals surface area contributed by atoms with Crippen LogP contribution in [0.1, 0.15) is 50.7 Å². The zero-order chi connectivity index (χ0) is 19.7. The molecule has 0 radical (unpaired) electrons. The van der Waals surface area contributed by atoms with E-state index in [1.165, 1.54) is 13.2 Å². The van der Waals surface area contributed by atoms with Crippen LogP contribution in [0, 0.1) is 6.92 Å². The molecule has 142 valence electrons. The van der Waals surface area contributed by atoms with Crippen molar-refractivity contribution in [2.45, 2.75) is 25.8 Å². The number of phenolic OH excluding ortho intramolecular Hbond substituents is 2. The highest BCUT2D eigenvalue weighted by Crippen LogP contribution is 2.38. The number of halogens is 1. The molecule has 1 heterocycles. The second-order valence-corrected chi connectivity index (χ2v) is 6.95. The number of ether oxygens (including phenoxy) is 1. The van der Waals surface area contributed by atoms with E-state index in [0.29, 0.717) is 12.1 Å². The standard InChI is InChI=1S/C20H20ClNO5/c1-11-8-12(20(26)27-2)5-6-13(11)16-4-3-7-22(16)19(25)14-9-15(21)18(24)10-17(14)23/h5-6,8-10,16,23-24H,3-4,7H2,1-2H3. The van der Waals surface area contributed by atoms with Crippen molar-refractivity contribution in [2.75, 3.05) is 13.7 Å². The van der Waals surface area contributed by atoms with Gasteiger partial charge in [-0.3, -0.25) is 4.79 Å². The molecule has 0 aromatic heterocycles. The lowest BCUT2D eigenvalue weighted by atomic mass is 9.96. The minimum Gasteiger partial charge on any atom is -0.507 e. The minimum atomic E-state index is -0.410. The van der Waals surface area contributed by atoms with E-state index >= 15 is 0 Å². The van der Waals surface area contributed by atoms with Crippen LogP contribution in [0.25, 0.3) is 0 Å². The number of phenols is 2. The van der Waals surface area contributed by atoms with E-state index in [4.69, 9.17) is 16.3 Å². The molecule has 2 aromatic carbocycles. The van der Waals surface area contributed by atoms with Gasteiger partial charge in [0.05, 0.1) is 29.3 Å². The summed E-state index contributed by atoms with van der Waals surface area (Å²) in [5.41, 5.74) is 2.33. The van der Waals surface area contributed by atoms with Crippen molar-refractivity contribution in [2.24, 2.45) is 0 Å². The average molecular weight is 390 g/mol. The Morgan fingerprint density at radius 1 is 1.19 bits per heavy atom. The summed E-state index contributed by atoms with van der Waals surface area (Å²) >= 11 is 5.90. The Labute approximate surface area is 161 Å². The Hall–Kier alpha value is -2.73. The third kappa shape index (κ3) is 3.57. The molecular formula is C20H20ClNO5. The van der Waals surface area contributed by atoms with Gasteiger partial charge in [-0.25, -0.2) is 4.79 Å². The van der Waals surface area contributed by atoms with Gasteiger partial charge in [0.1, 0.15) is 11.5 Å². The molecule has 1 unspecified atom stereocenters. The predicted molar refractivity (Wildman–Crippen MR) is 100 cm³/mol. The topological polar surface area (TPSA) is 87.1 Å². The van der Waals surface area contributed by atoms with Gasteiger partial charge in [0.2, 0.25) is 0 Å². The number of hydrogen-bond acceptors (Lipinski definition) is 5. The molecule has 1 amide bonds. The first-order chi connectivity index (χ1) is 12.8. The van der Waals surface area contributed by atoms with E-state index in [1.54, 1.807) is 17.0 Å². The number of hydrogen-bond donors (Lipinski definition) is 2. The molecule has 3 rings (SSSR count). The molecule has 1 aliphatic heterocycles. The summed E-state index contributed by atoms with van der Waals surface area (Å²) in [6.45, 7) is 2.43. The van der Waals surface area contributed by atoms with E-state index < -0.39 is 5.97 Å². The predicted octanol–water partition coefficient (Wildman–Crippen LogP) is 3.82. The summed E-state index contributed by atoms with van der Waals surface area (Å²) in [7, 11) is 1.33. The lowest BCUT2D eigenvalue weighted by Crippen LogP contribution is -2.31. The summed E-state index contributed by atoms with van der Waals surface area (Å²) < 4.78 is 4.74. The zero-order valence-corrected chi connectivity index (χ0v) is 15.8. The molecular weight excluding hydrogens is 370 g/mol. The van der Waals surface area contributed by atoms with Crippen molar-refractivity contribution in [1.29, 1.82) is 0 Å². The normalized spacial score (nSPS) is 16.4. The van der Waals surface area contributed by atoms with Gasteiger partial charge in [0.15, 0.2) is 0 Å². The number of rotatable bonds is 3. The highest BCUT2D eigenvalue weighted by Gasteiger charge is 2.33. The molecule has 2 aromatic rings. The second kappa shape index (κ2) is 7.48. The number of nitrogens with zero attached hydrogens (tertiary/aromatic N) is 1. The fourth-order valence-corrected chi connectivity index (χ4v) is 3.67. The number of aryl methyl sites for hydroxylation is 1. The minimum absolute atomic E-state index is 0.00510. The van der Waals surface area contributed by atoms with Crippen molar-refractivity contribution >= 4 is 23.5 Å². The maximum Gasteiger partial charge on any atom is 0.337 e. The molecule has 0 bridgehead atoms. The fraction of sp³-hybridized carbons (Fsp3) is 0.300. The van der Waals surface area contributed by atoms with Crippen LogP contribution in [-0.4, -0.2) is 40.6 Å². The molecule has 7 heteroatoms. The maximum absolute atomic E-state index is 13.0. The molecule has 1 saturated heterocycles. The van der Waals surface area contributed by atoms with Crippen LogP contribution in [0.5, 0.6) is 11.5 Å². The molecule has 0 aliphatic carbocycles. The maximum atomic E-state index is 13.0. The van der Waals surface area contributed by atoms with E-state index in [2.05, 4.69) is 0 Å². The van der Waals surface area contributed by atoms with Gasteiger partial charge in [-0.05, 0) is 49.1 Å². The third-order valence-electron chi connectivity index (χ3n) is 4.86. The van der Waals surface area contributed by atoms with Gasteiger partial charge in [-0.2, -0.15) is 0 Å². The van der Waals surface area contributed by atoms with Crippen molar-refractivity contribution in [1.82, 2.24) is 4.90 Å². The quantitative estimate of drug-likeness (QED) is 0.779. The lowest BCUT2D eigenvalue weighted by molar-refractivity contribution is 0.0599. The van der Waals surface area contributed by atoms with Crippen molar-refractivity contribution in [3.63, 3.8) is 0 Å². The molecule has 6 nitrogen and oxygen atoms in total. The van der Waals surface area contributed by atoms with Crippen LogP contribution < -0.4 is 0 Å². The number of benzene rings is 2. The Bertz CT molecular complexity index is 911. The van der Waals surface area contributed by atoms with E-state index in [9.17, 15) is 19.8 Å². The summed E-state index contributed by atoms with van der Waals surface area (Å²) in [6, 6.07) is 7.44. The molecule has 1 atom stereocenters. The van der Waals surface area contributed by atoms with Crippen molar-refractivity contribution in [3.8, 4) is 11.5 Å². The highest BCUT2D eigenvalue weighted by atomic mass is 35.5. The van der Waals surface area contributed by atoms with Gasteiger partial charge in [-0.1, -0.05) is 17.7 Å². The number of aromatic hydroxyl groups is 2. The summed E-state index contributed by atoms with van der Waals surface area (Å²) in [6.07, 6.45) is 1.60. The molecule has 1 fully saturated rings. The first kappa shape index (κ1) is 19.0. The van der Waals surface area contributed by atoms with Gasteiger partial charge in [0.25, 0.3) is 5.91 Å². The smallest absolute Gasteiger partial charge is 0.337 e. The van der Waals surface area contributed by atoms with Crippen LogP contribution in [0.4, 0.5) is 0 Å². The molecule has 2 N–H and O–H groups in total. The first-order valence-corrected chi connectivity index (χ1v) is 8.92. The number of amides is 1. The van der Waals surface area contributed by atoms with Gasteiger partial charge < -0.3 is 19.8 Å². The average Bonchev–Trinajstić information content (AvgIpc) is 3.12. The van der Waals surface area contributed by atoms with Crippen molar-refractivity contribution < 1.29 is 24.5 Å². The number of methoxy groups -OCH3 is 1. The number of carbonyl (C=O) groups is 2. The Balaban J connectivity index is 1.93. The number of carbonyl (C=O) groups excluding carboxylic acids is 2. The summed E-state index contributed by atoms with van der Waals surface area (Å²) in [5, 5.41) is 19.6. The van der Waals surface area contributed by atoms with Crippen LogP contribution in [0.3, 0.4) is 0 Å². The largest absolute Gasteiger partial charge is 0.507 e. The molecule has 1 aliphatic rings. The summed E-state index contributed by atoms with van der Waals surface area (Å²) in [4.78, 5) is 26.4. The van der Waals surface area contributed by atoms with Gasteiger partial charge >= 0.3 is 5.97 Å². The molecule has 0 saturated carbocycles. The number of likely N-dealkylation sites (tertiary alicyclic amines) is 1. The van der Waals surface area contributed by atoms with E-state index in [1.807, 2.05) is 13.0 Å². The Morgan fingerprint density at radius 2 is 1.93 bits per heavy atom. The Morgan fingerprint density at radius 3 is 2.59 bits per heavy atom. The van der Waals surface area contributed by atoms with Crippen LogP contribution >= 0.6 is 11.6 Å². The molecule has 0 spiro atoms. The van der Waals surface area contributed by atoms with Gasteiger partial charge in [0, 0.05) is 12.6 Å². The Kier molecular flexibility index (Phi) is 5.28. The number of esters is 1. The third-order valence-corrected chi connectivity index (χ3v) is 5.16. The lowest BCUT2D eigenvalue weighted by Gasteiger charge is -2.27. The van der Waals surface area contributed by atoms with E-state index in [-0.39, 0.29) is 34.0 Å². The van der Waals surface area contributed by atoms with Crippen LogP contribution in [0.2, 0.25) is 5.02 Å². The summed E-state index contributed by atoms with van der Waals surface area (Å²) in [5.74, 6) is -1.36. The second-order valence-electron chi connectivity index (χ2n) is 6.54. The molecule has 27 heavy (non-hydrogen) atoms. The SMILES string of the molecule is COC(=O)c1ccc(C2CCCN2C(=O)c2cc(Cl)c(O)cc2O)c(C)c1. The van der Waals surface area contributed by atoms with Crippen molar-refractivity contribution in [3.05, 3.63) is 57.6 Å². The van der Waals surface area contributed by atoms with E-state index in [0.717, 1.165) is 30.0 Å². The highest BCUT2D eigenvalue weighted by molar-refractivity contribution is 6.32. The monoisotopic (exact) mass is 389 g/mol. The fourth-order valence-electron chi connectivity index (χ4n) is 3.50.